The molecule has 6 heteroatoms. The fourth-order valence-electron chi connectivity index (χ4n) is 2.02. The molecule has 2 rings (SSSR count). The second-order valence-corrected chi connectivity index (χ2v) is 4.91. The number of morpholine rings is 1. The Morgan fingerprint density at radius 3 is 2.89 bits per heavy atom. The summed E-state index contributed by atoms with van der Waals surface area (Å²) in [5.41, 5.74) is 5.98. The van der Waals surface area contributed by atoms with Crippen LogP contribution in [0, 0.1) is 6.92 Å². The molecule has 3 N–H and O–H groups in total. The molecule has 1 aliphatic rings. The molecule has 0 bridgehead atoms. The lowest BCUT2D eigenvalue weighted by atomic mass is 10.2. The van der Waals surface area contributed by atoms with E-state index >= 15 is 0 Å². The minimum absolute atomic E-state index is 0.192. The van der Waals surface area contributed by atoms with E-state index in [1.807, 2.05) is 0 Å². The minimum Gasteiger partial charge on any atom is -0.383 e. The molecular weight excluding hydrogens is 232 g/mol. The summed E-state index contributed by atoms with van der Waals surface area (Å²) >= 11 is 0. The average Bonchev–Trinajstić information content (AvgIpc) is 2.35. The van der Waals surface area contributed by atoms with Crippen LogP contribution in [0.25, 0.3) is 0 Å². The molecule has 100 valence electrons. The second-order valence-electron chi connectivity index (χ2n) is 4.91. The lowest BCUT2D eigenvalue weighted by Gasteiger charge is -2.34. The van der Waals surface area contributed by atoms with Crippen molar-refractivity contribution < 1.29 is 4.74 Å². The molecule has 0 radical (unpaired) electrons. The molecule has 18 heavy (non-hydrogen) atoms. The topological polar surface area (TPSA) is 84.2 Å². The first-order chi connectivity index (χ1) is 8.49. The van der Waals surface area contributed by atoms with Gasteiger partial charge in [0, 0.05) is 19.1 Å². The van der Waals surface area contributed by atoms with Gasteiger partial charge in [-0.2, -0.15) is 0 Å². The highest BCUT2D eigenvalue weighted by Gasteiger charge is 2.25. The van der Waals surface area contributed by atoms with E-state index in [-0.39, 0.29) is 17.5 Å². The van der Waals surface area contributed by atoms with Gasteiger partial charge in [0.25, 0.3) is 5.56 Å². The van der Waals surface area contributed by atoms with Crippen molar-refractivity contribution in [2.45, 2.75) is 32.9 Å². The highest BCUT2D eigenvalue weighted by atomic mass is 16.5. The summed E-state index contributed by atoms with van der Waals surface area (Å²) in [5.74, 6) is 0.799. The number of ether oxygens (including phenoxy) is 1. The molecule has 0 saturated carbocycles. The maximum Gasteiger partial charge on any atom is 0.255 e. The zero-order chi connectivity index (χ0) is 13.3. The van der Waals surface area contributed by atoms with Gasteiger partial charge in [-0.05, 0) is 20.8 Å². The largest absolute Gasteiger partial charge is 0.383 e. The van der Waals surface area contributed by atoms with Crippen LogP contribution in [0.5, 0.6) is 0 Å². The normalized spacial score (nSPS) is 21.4. The van der Waals surface area contributed by atoms with Gasteiger partial charge in [-0.25, -0.2) is 4.98 Å². The van der Waals surface area contributed by atoms with E-state index in [2.05, 4.69) is 28.7 Å². The quantitative estimate of drug-likeness (QED) is 0.798. The third-order valence-corrected chi connectivity index (χ3v) is 3.34. The Labute approximate surface area is 106 Å². The number of nitrogens with one attached hydrogen (secondary N) is 1. The van der Waals surface area contributed by atoms with Gasteiger partial charge in [0.15, 0.2) is 0 Å². The molecule has 0 spiro atoms. The molecular formula is C12H20N4O2. The summed E-state index contributed by atoms with van der Waals surface area (Å²) < 4.78 is 5.66. The number of hydrogen-bond donors (Lipinski definition) is 2. The van der Waals surface area contributed by atoms with Crippen LogP contribution in [-0.4, -0.2) is 40.6 Å². The van der Waals surface area contributed by atoms with Gasteiger partial charge in [-0.3, -0.25) is 9.69 Å². The van der Waals surface area contributed by atoms with Gasteiger partial charge < -0.3 is 15.5 Å². The van der Waals surface area contributed by atoms with Crippen LogP contribution >= 0.6 is 0 Å². The van der Waals surface area contributed by atoms with E-state index in [0.29, 0.717) is 24.0 Å². The number of nitrogens with zero attached hydrogens (tertiary/aromatic N) is 2. The number of nitrogens with two attached hydrogens (primary N) is 1. The first kappa shape index (κ1) is 13.0. The standard InChI is InChI=1S/C12H20N4O2/c1-7(2)16-4-5-18-9(6-16)11-14-10(13)8(3)12(17)15-11/h7,9H,4-6H2,1-3H3,(H3,13,14,15,17). The van der Waals surface area contributed by atoms with Crippen LogP contribution in [0.15, 0.2) is 4.79 Å². The van der Waals surface area contributed by atoms with Crippen LogP contribution < -0.4 is 11.3 Å². The molecule has 1 unspecified atom stereocenters. The Morgan fingerprint density at radius 1 is 1.56 bits per heavy atom. The van der Waals surface area contributed by atoms with Gasteiger partial charge >= 0.3 is 0 Å². The predicted octanol–water partition coefficient (Wildman–Crippen LogP) is 0.442. The summed E-state index contributed by atoms with van der Waals surface area (Å²) in [6.45, 7) is 8.21. The van der Waals surface area contributed by atoms with Crippen molar-refractivity contribution in [1.82, 2.24) is 14.9 Å². The molecule has 0 aliphatic carbocycles. The smallest absolute Gasteiger partial charge is 0.255 e. The van der Waals surface area contributed by atoms with Gasteiger partial charge in [-0.15, -0.1) is 0 Å². The van der Waals surface area contributed by atoms with E-state index in [0.717, 1.165) is 13.1 Å². The summed E-state index contributed by atoms with van der Waals surface area (Å²) in [7, 11) is 0. The molecule has 6 nitrogen and oxygen atoms in total. The fraction of sp³-hybridized carbons (Fsp3) is 0.667. The fourth-order valence-corrected chi connectivity index (χ4v) is 2.02. The monoisotopic (exact) mass is 252 g/mol. The lowest BCUT2D eigenvalue weighted by molar-refractivity contribution is -0.0443. The summed E-state index contributed by atoms with van der Waals surface area (Å²) in [4.78, 5) is 20.9. The summed E-state index contributed by atoms with van der Waals surface area (Å²) in [6, 6.07) is 0.450. The van der Waals surface area contributed by atoms with E-state index in [1.54, 1.807) is 6.92 Å². The molecule has 1 fully saturated rings. The minimum atomic E-state index is -0.211. The number of aromatic nitrogens is 2. The maximum atomic E-state index is 11.7. The number of H-pyrrole nitrogens is 1. The SMILES string of the molecule is Cc1c(N)nc(C2CN(C(C)C)CCO2)[nH]c1=O. The zero-order valence-electron chi connectivity index (χ0n) is 11.1. The summed E-state index contributed by atoms with van der Waals surface area (Å²) in [5, 5.41) is 0. The van der Waals surface area contributed by atoms with Crippen molar-refractivity contribution in [1.29, 1.82) is 0 Å². The van der Waals surface area contributed by atoms with Gasteiger partial charge in [0.05, 0.1) is 12.2 Å². The molecule has 1 aliphatic heterocycles. The van der Waals surface area contributed by atoms with Crippen LogP contribution in [0.1, 0.15) is 31.3 Å². The average molecular weight is 252 g/mol. The van der Waals surface area contributed by atoms with Crippen molar-refractivity contribution in [2.24, 2.45) is 0 Å². The molecule has 2 heterocycles. The number of rotatable bonds is 2. The van der Waals surface area contributed by atoms with E-state index in [1.165, 1.54) is 0 Å². The van der Waals surface area contributed by atoms with E-state index in [9.17, 15) is 4.79 Å². The highest BCUT2D eigenvalue weighted by molar-refractivity contribution is 5.36. The third-order valence-electron chi connectivity index (χ3n) is 3.34. The van der Waals surface area contributed by atoms with E-state index in [4.69, 9.17) is 10.5 Å². The zero-order valence-corrected chi connectivity index (χ0v) is 11.1. The molecule has 1 aromatic heterocycles. The Kier molecular flexibility index (Phi) is 3.68. The maximum absolute atomic E-state index is 11.7. The number of anilines is 1. The van der Waals surface area contributed by atoms with Crippen molar-refractivity contribution in [3.63, 3.8) is 0 Å². The molecule has 1 saturated heterocycles. The Balaban J connectivity index is 2.24. The Hall–Kier alpha value is -1.40. The van der Waals surface area contributed by atoms with Crippen molar-refractivity contribution >= 4 is 5.82 Å². The van der Waals surface area contributed by atoms with E-state index < -0.39 is 0 Å². The molecule has 1 atom stereocenters. The van der Waals surface area contributed by atoms with Crippen molar-refractivity contribution in [3.05, 3.63) is 21.7 Å². The molecule has 0 amide bonds. The molecule has 0 aromatic carbocycles. The Bertz CT molecular complexity index is 483. The molecule has 1 aromatic rings. The van der Waals surface area contributed by atoms with Gasteiger partial charge in [0.2, 0.25) is 0 Å². The number of nitrogen functional groups attached to an aromatic ring is 1. The number of hydrogen-bond acceptors (Lipinski definition) is 5. The first-order valence-corrected chi connectivity index (χ1v) is 6.21. The third kappa shape index (κ3) is 2.54. The predicted molar refractivity (Wildman–Crippen MR) is 69.4 cm³/mol. The van der Waals surface area contributed by atoms with Crippen molar-refractivity contribution in [3.8, 4) is 0 Å². The summed E-state index contributed by atoms with van der Waals surface area (Å²) in [6.07, 6.45) is -0.211. The van der Waals surface area contributed by atoms with Crippen LogP contribution in [0.3, 0.4) is 0 Å². The van der Waals surface area contributed by atoms with Gasteiger partial charge in [0.1, 0.15) is 17.7 Å². The van der Waals surface area contributed by atoms with Crippen LogP contribution in [-0.2, 0) is 4.74 Å². The van der Waals surface area contributed by atoms with Crippen LogP contribution in [0.4, 0.5) is 5.82 Å². The van der Waals surface area contributed by atoms with Crippen LogP contribution in [0.2, 0.25) is 0 Å². The number of aromatic amines is 1. The van der Waals surface area contributed by atoms with Crippen molar-refractivity contribution in [2.75, 3.05) is 25.4 Å². The highest BCUT2D eigenvalue weighted by Crippen LogP contribution is 2.20. The van der Waals surface area contributed by atoms with Gasteiger partial charge in [-0.1, -0.05) is 0 Å². The Morgan fingerprint density at radius 2 is 2.28 bits per heavy atom. The first-order valence-electron chi connectivity index (χ1n) is 6.21. The second kappa shape index (κ2) is 5.07. The lowest BCUT2D eigenvalue weighted by Crippen LogP contribution is -2.43.